The highest BCUT2D eigenvalue weighted by Gasteiger charge is 2.31. The number of nitrogens with zero attached hydrogens (tertiary/aromatic N) is 1. The van der Waals surface area contributed by atoms with Crippen LogP contribution in [0.5, 0.6) is 0 Å². The molecule has 2 nitrogen and oxygen atoms in total. The van der Waals surface area contributed by atoms with E-state index in [9.17, 15) is 18.0 Å². The number of anilines is 1. The SMILES string of the molecule is CN(C)c1cc(C=O)cc(C(F)(F)F)c1. The van der Waals surface area contributed by atoms with E-state index in [1.54, 1.807) is 14.1 Å². The van der Waals surface area contributed by atoms with Crippen LogP contribution < -0.4 is 4.90 Å². The van der Waals surface area contributed by atoms with Gasteiger partial charge in [0.2, 0.25) is 0 Å². The van der Waals surface area contributed by atoms with Crippen LogP contribution in [0.3, 0.4) is 0 Å². The monoisotopic (exact) mass is 217 g/mol. The van der Waals surface area contributed by atoms with Gasteiger partial charge in [-0.25, -0.2) is 0 Å². The summed E-state index contributed by atoms with van der Waals surface area (Å²) in [5.41, 5.74) is -0.434. The number of halogens is 3. The number of hydrogen-bond donors (Lipinski definition) is 0. The van der Waals surface area contributed by atoms with Gasteiger partial charge in [0.05, 0.1) is 5.56 Å². The quantitative estimate of drug-likeness (QED) is 0.709. The highest BCUT2D eigenvalue weighted by molar-refractivity contribution is 5.77. The average Bonchev–Trinajstić information content (AvgIpc) is 2.15. The van der Waals surface area contributed by atoms with E-state index in [2.05, 4.69) is 0 Å². The fourth-order valence-corrected chi connectivity index (χ4v) is 1.12. The van der Waals surface area contributed by atoms with E-state index in [4.69, 9.17) is 0 Å². The van der Waals surface area contributed by atoms with Gasteiger partial charge in [-0.2, -0.15) is 13.2 Å². The summed E-state index contributed by atoms with van der Waals surface area (Å²) in [5.74, 6) is 0. The van der Waals surface area contributed by atoms with Crippen LogP contribution >= 0.6 is 0 Å². The number of carbonyl (C=O) groups excluding carboxylic acids is 1. The van der Waals surface area contributed by atoms with Gasteiger partial charge in [0.1, 0.15) is 6.29 Å². The molecule has 0 saturated heterocycles. The zero-order valence-corrected chi connectivity index (χ0v) is 8.30. The maximum Gasteiger partial charge on any atom is 0.416 e. The lowest BCUT2D eigenvalue weighted by Crippen LogP contribution is -2.12. The van der Waals surface area contributed by atoms with Gasteiger partial charge in [0.15, 0.2) is 0 Å². The summed E-state index contributed by atoms with van der Waals surface area (Å²) >= 11 is 0. The third-order valence-corrected chi connectivity index (χ3v) is 1.92. The molecule has 15 heavy (non-hydrogen) atoms. The van der Waals surface area contributed by atoms with Crippen molar-refractivity contribution in [2.45, 2.75) is 6.18 Å². The van der Waals surface area contributed by atoms with Gasteiger partial charge in [-0.3, -0.25) is 4.79 Å². The maximum atomic E-state index is 12.4. The molecule has 0 radical (unpaired) electrons. The van der Waals surface area contributed by atoms with Crippen LogP contribution in [0.2, 0.25) is 0 Å². The van der Waals surface area contributed by atoms with Crippen molar-refractivity contribution in [1.29, 1.82) is 0 Å². The van der Waals surface area contributed by atoms with Gasteiger partial charge >= 0.3 is 6.18 Å². The van der Waals surface area contributed by atoms with Gasteiger partial charge in [-0.05, 0) is 18.2 Å². The van der Waals surface area contributed by atoms with Crippen molar-refractivity contribution in [2.75, 3.05) is 19.0 Å². The second-order valence-corrected chi connectivity index (χ2v) is 3.32. The molecule has 0 aromatic heterocycles. The second-order valence-electron chi connectivity index (χ2n) is 3.32. The largest absolute Gasteiger partial charge is 0.416 e. The highest BCUT2D eigenvalue weighted by Crippen LogP contribution is 2.32. The van der Waals surface area contributed by atoms with Gasteiger partial charge in [-0.15, -0.1) is 0 Å². The Bertz CT molecular complexity index is 371. The number of aldehydes is 1. The minimum absolute atomic E-state index is 0.0218. The Morgan fingerprint density at radius 1 is 1.20 bits per heavy atom. The Morgan fingerprint density at radius 3 is 2.20 bits per heavy atom. The fourth-order valence-electron chi connectivity index (χ4n) is 1.12. The maximum absolute atomic E-state index is 12.4. The van der Waals surface area contributed by atoms with Crippen LogP contribution in [-0.4, -0.2) is 20.4 Å². The zero-order chi connectivity index (χ0) is 11.6. The summed E-state index contributed by atoms with van der Waals surface area (Å²) in [5, 5.41) is 0. The summed E-state index contributed by atoms with van der Waals surface area (Å²) in [4.78, 5) is 12.0. The third kappa shape index (κ3) is 2.71. The molecule has 0 heterocycles. The Balaban J connectivity index is 3.29. The van der Waals surface area contributed by atoms with Gasteiger partial charge < -0.3 is 4.90 Å². The van der Waals surface area contributed by atoms with Gasteiger partial charge in [-0.1, -0.05) is 0 Å². The van der Waals surface area contributed by atoms with Crippen molar-refractivity contribution in [3.8, 4) is 0 Å². The first-order valence-corrected chi connectivity index (χ1v) is 4.19. The topological polar surface area (TPSA) is 20.3 Å². The first-order chi connectivity index (χ1) is 6.84. The van der Waals surface area contributed by atoms with Crippen molar-refractivity contribution >= 4 is 12.0 Å². The van der Waals surface area contributed by atoms with E-state index in [0.717, 1.165) is 12.1 Å². The molecule has 0 aliphatic heterocycles. The lowest BCUT2D eigenvalue weighted by atomic mass is 10.1. The van der Waals surface area contributed by atoms with E-state index in [0.29, 0.717) is 12.0 Å². The number of carbonyl (C=O) groups is 1. The van der Waals surface area contributed by atoms with Crippen LogP contribution in [-0.2, 0) is 6.18 Å². The van der Waals surface area contributed by atoms with Crippen molar-refractivity contribution in [3.05, 3.63) is 29.3 Å². The van der Waals surface area contributed by atoms with Crippen LogP contribution in [0.1, 0.15) is 15.9 Å². The van der Waals surface area contributed by atoms with Crippen molar-refractivity contribution in [2.24, 2.45) is 0 Å². The van der Waals surface area contributed by atoms with Crippen LogP contribution in [0.4, 0.5) is 18.9 Å². The summed E-state index contributed by atoms with van der Waals surface area (Å²) in [6, 6.07) is 3.25. The van der Waals surface area contributed by atoms with Crippen molar-refractivity contribution < 1.29 is 18.0 Å². The van der Waals surface area contributed by atoms with Gasteiger partial charge in [0, 0.05) is 25.3 Å². The Morgan fingerprint density at radius 2 is 1.80 bits per heavy atom. The lowest BCUT2D eigenvalue weighted by molar-refractivity contribution is -0.137. The highest BCUT2D eigenvalue weighted by atomic mass is 19.4. The molecule has 0 unspecified atom stereocenters. The number of alkyl halides is 3. The Hall–Kier alpha value is -1.52. The second kappa shape index (κ2) is 3.92. The van der Waals surface area contributed by atoms with Crippen molar-refractivity contribution in [1.82, 2.24) is 0 Å². The van der Waals surface area contributed by atoms with Gasteiger partial charge in [0.25, 0.3) is 0 Å². The third-order valence-electron chi connectivity index (χ3n) is 1.92. The number of rotatable bonds is 2. The van der Waals surface area contributed by atoms with Crippen LogP contribution in [0, 0.1) is 0 Å². The van der Waals surface area contributed by atoms with Crippen LogP contribution in [0.25, 0.3) is 0 Å². The molecule has 1 aromatic carbocycles. The lowest BCUT2D eigenvalue weighted by Gasteiger charge is -2.15. The summed E-state index contributed by atoms with van der Waals surface area (Å²) < 4.78 is 37.2. The molecule has 0 aliphatic carbocycles. The fraction of sp³-hybridized carbons (Fsp3) is 0.300. The summed E-state index contributed by atoms with van der Waals surface area (Å²) in [6.45, 7) is 0. The predicted molar refractivity (Wildman–Crippen MR) is 51.2 cm³/mol. The molecule has 5 heteroatoms. The molecular formula is C10H10F3NO. The Kier molecular flexibility index (Phi) is 3.02. The molecular weight excluding hydrogens is 207 g/mol. The summed E-state index contributed by atoms with van der Waals surface area (Å²) in [7, 11) is 3.23. The van der Waals surface area contributed by atoms with E-state index in [1.807, 2.05) is 0 Å². The molecule has 0 aliphatic rings. The number of hydrogen-bond acceptors (Lipinski definition) is 2. The molecule has 0 fully saturated rings. The molecule has 0 amide bonds. The summed E-state index contributed by atoms with van der Waals surface area (Å²) in [6.07, 6.45) is -4.02. The molecule has 0 spiro atoms. The molecule has 1 aromatic rings. The Labute approximate surface area is 85.3 Å². The smallest absolute Gasteiger partial charge is 0.378 e. The minimum Gasteiger partial charge on any atom is -0.378 e. The molecule has 0 bridgehead atoms. The average molecular weight is 217 g/mol. The van der Waals surface area contributed by atoms with E-state index in [-0.39, 0.29) is 5.56 Å². The molecule has 0 atom stereocenters. The van der Waals surface area contributed by atoms with E-state index >= 15 is 0 Å². The van der Waals surface area contributed by atoms with E-state index in [1.165, 1.54) is 11.0 Å². The molecule has 0 saturated carbocycles. The molecule has 82 valence electrons. The first kappa shape index (κ1) is 11.6. The minimum atomic E-state index is -4.43. The number of benzene rings is 1. The normalized spacial score (nSPS) is 11.3. The van der Waals surface area contributed by atoms with Crippen LogP contribution in [0.15, 0.2) is 18.2 Å². The predicted octanol–water partition coefficient (Wildman–Crippen LogP) is 2.58. The van der Waals surface area contributed by atoms with Crippen molar-refractivity contribution in [3.63, 3.8) is 0 Å². The first-order valence-electron chi connectivity index (χ1n) is 4.19. The van der Waals surface area contributed by atoms with E-state index < -0.39 is 11.7 Å². The zero-order valence-electron chi connectivity index (χ0n) is 8.30. The molecule has 1 rings (SSSR count). The molecule has 0 N–H and O–H groups in total. The standard InChI is InChI=1S/C10H10F3NO/c1-14(2)9-4-7(6-15)3-8(5-9)10(11,12)13/h3-6H,1-2H3.